The maximum Gasteiger partial charge on any atom is 0.283 e. The van der Waals surface area contributed by atoms with Crippen molar-refractivity contribution in [3.05, 3.63) is 29.3 Å². The standard InChI is InChI=1S/C10H8N4O2S2/c1-6-11-14-10(18-6)17-5-8-12-13-9(16-8)7-3-2-4-15-7/h2-4H,5H2,1H3. The molecule has 0 saturated heterocycles. The van der Waals surface area contributed by atoms with E-state index in [0.29, 0.717) is 23.3 Å². The highest BCUT2D eigenvalue weighted by Gasteiger charge is 2.11. The van der Waals surface area contributed by atoms with Crippen molar-refractivity contribution in [1.29, 1.82) is 0 Å². The molecule has 0 fully saturated rings. The Balaban J connectivity index is 1.67. The van der Waals surface area contributed by atoms with E-state index in [2.05, 4.69) is 20.4 Å². The zero-order valence-corrected chi connectivity index (χ0v) is 11.0. The second kappa shape index (κ2) is 4.91. The molecule has 0 bridgehead atoms. The highest BCUT2D eigenvalue weighted by molar-refractivity contribution is 8.00. The largest absolute Gasteiger partial charge is 0.459 e. The summed E-state index contributed by atoms with van der Waals surface area (Å²) in [4.78, 5) is 0. The molecule has 0 unspecified atom stereocenters. The number of aromatic nitrogens is 4. The molecular weight excluding hydrogens is 272 g/mol. The van der Waals surface area contributed by atoms with Gasteiger partial charge in [-0.2, -0.15) is 0 Å². The van der Waals surface area contributed by atoms with Crippen LogP contribution in [0, 0.1) is 6.92 Å². The Labute approximate surface area is 110 Å². The van der Waals surface area contributed by atoms with E-state index in [4.69, 9.17) is 8.83 Å². The molecule has 0 amide bonds. The maximum atomic E-state index is 5.48. The van der Waals surface area contributed by atoms with Crippen molar-refractivity contribution in [3.63, 3.8) is 0 Å². The molecule has 3 heterocycles. The minimum atomic E-state index is 0.393. The molecule has 0 radical (unpaired) electrons. The third-order valence-electron chi connectivity index (χ3n) is 2.03. The molecular formula is C10H8N4O2S2. The Kier molecular flexibility index (Phi) is 3.11. The first-order chi connectivity index (χ1) is 8.81. The van der Waals surface area contributed by atoms with Gasteiger partial charge in [-0.3, -0.25) is 0 Å². The SMILES string of the molecule is Cc1nnc(SCc2nnc(-c3ccco3)o2)s1. The number of hydrogen-bond donors (Lipinski definition) is 0. The molecule has 3 aromatic rings. The van der Waals surface area contributed by atoms with Crippen molar-refractivity contribution in [2.24, 2.45) is 0 Å². The number of hydrogen-bond acceptors (Lipinski definition) is 8. The van der Waals surface area contributed by atoms with E-state index >= 15 is 0 Å². The predicted molar refractivity (Wildman–Crippen MR) is 66.2 cm³/mol. The molecule has 0 aliphatic carbocycles. The molecule has 3 aromatic heterocycles. The molecule has 92 valence electrons. The van der Waals surface area contributed by atoms with Crippen LogP contribution in [-0.2, 0) is 5.75 Å². The lowest BCUT2D eigenvalue weighted by atomic mass is 10.5. The van der Waals surface area contributed by atoms with Crippen molar-refractivity contribution in [1.82, 2.24) is 20.4 Å². The molecule has 0 saturated carbocycles. The van der Waals surface area contributed by atoms with Gasteiger partial charge in [0.1, 0.15) is 5.01 Å². The maximum absolute atomic E-state index is 5.48. The minimum Gasteiger partial charge on any atom is -0.459 e. The molecule has 6 nitrogen and oxygen atoms in total. The van der Waals surface area contributed by atoms with Gasteiger partial charge < -0.3 is 8.83 Å². The average Bonchev–Trinajstić information content (AvgIpc) is 3.07. The summed E-state index contributed by atoms with van der Waals surface area (Å²) in [5, 5.41) is 16.8. The van der Waals surface area contributed by atoms with Gasteiger partial charge in [0.2, 0.25) is 5.89 Å². The summed E-state index contributed by atoms with van der Waals surface area (Å²) in [6.07, 6.45) is 1.57. The summed E-state index contributed by atoms with van der Waals surface area (Å²) in [6.45, 7) is 1.92. The van der Waals surface area contributed by atoms with Crippen LogP contribution in [0.5, 0.6) is 0 Å². The fourth-order valence-corrected chi connectivity index (χ4v) is 2.92. The van der Waals surface area contributed by atoms with E-state index in [-0.39, 0.29) is 0 Å². The van der Waals surface area contributed by atoms with Crippen molar-refractivity contribution in [3.8, 4) is 11.7 Å². The normalized spacial score (nSPS) is 10.9. The van der Waals surface area contributed by atoms with Gasteiger partial charge >= 0.3 is 0 Å². The van der Waals surface area contributed by atoms with Gasteiger partial charge in [0.25, 0.3) is 5.89 Å². The Bertz CT molecular complexity index is 632. The van der Waals surface area contributed by atoms with Crippen LogP contribution in [-0.4, -0.2) is 20.4 Å². The number of rotatable bonds is 4. The van der Waals surface area contributed by atoms with Crippen molar-refractivity contribution in [2.45, 2.75) is 17.0 Å². The van der Waals surface area contributed by atoms with Crippen LogP contribution >= 0.6 is 23.1 Å². The van der Waals surface area contributed by atoms with E-state index in [0.717, 1.165) is 9.35 Å². The highest BCUT2D eigenvalue weighted by atomic mass is 32.2. The van der Waals surface area contributed by atoms with Gasteiger partial charge in [-0.25, -0.2) is 0 Å². The van der Waals surface area contributed by atoms with Crippen LogP contribution in [0.25, 0.3) is 11.7 Å². The van der Waals surface area contributed by atoms with E-state index in [9.17, 15) is 0 Å². The fourth-order valence-electron chi connectivity index (χ4n) is 1.27. The van der Waals surface area contributed by atoms with Crippen molar-refractivity contribution >= 4 is 23.1 Å². The second-order valence-corrected chi connectivity index (χ2v) is 5.76. The molecule has 0 N–H and O–H groups in total. The first-order valence-corrected chi connectivity index (χ1v) is 6.90. The van der Waals surface area contributed by atoms with Crippen molar-refractivity contribution < 1.29 is 8.83 Å². The summed E-state index contributed by atoms with van der Waals surface area (Å²) in [5.41, 5.74) is 0. The third-order valence-corrected chi connectivity index (χ3v) is 3.98. The quantitative estimate of drug-likeness (QED) is 0.680. The molecule has 18 heavy (non-hydrogen) atoms. The first-order valence-electron chi connectivity index (χ1n) is 5.10. The predicted octanol–water partition coefficient (Wildman–Crippen LogP) is 2.78. The second-order valence-electron chi connectivity index (χ2n) is 3.35. The molecule has 3 rings (SSSR count). The fraction of sp³-hybridized carbons (Fsp3) is 0.200. The van der Waals surface area contributed by atoms with Gasteiger partial charge in [0.15, 0.2) is 10.1 Å². The Morgan fingerprint density at radius 3 is 2.94 bits per heavy atom. The van der Waals surface area contributed by atoms with Crippen LogP contribution in [0.1, 0.15) is 10.9 Å². The summed E-state index contributed by atoms with van der Waals surface area (Å²) < 4.78 is 11.5. The smallest absolute Gasteiger partial charge is 0.283 e. The van der Waals surface area contributed by atoms with E-state index < -0.39 is 0 Å². The zero-order valence-electron chi connectivity index (χ0n) is 9.36. The Morgan fingerprint density at radius 1 is 1.28 bits per heavy atom. The van der Waals surface area contributed by atoms with Crippen LogP contribution in [0.4, 0.5) is 0 Å². The van der Waals surface area contributed by atoms with E-state index in [1.165, 1.54) is 11.8 Å². The number of aryl methyl sites for hydroxylation is 1. The molecule has 0 atom stereocenters. The highest BCUT2D eigenvalue weighted by Crippen LogP contribution is 2.26. The monoisotopic (exact) mass is 280 g/mol. The molecule has 8 heteroatoms. The number of nitrogens with zero attached hydrogens (tertiary/aromatic N) is 4. The topological polar surface area (TPSA) is 77.8 Å². The lowest BCUT2D eigenvalue weighted by molar-refractivity contribution is 0.494. The van der Waals surface area contributed by atoms with Gasteiger partial charge in [-0.1, -0.05) is 23.1 Å². The minimum absolute atomic E-state index is 0.393. The van der Waals surface area contributed by atoms with Crippen LogP contribution in [0.15, 0.2) is 31.6 Å². The van der Waals surface area contributed by atoms with Crippen LogP contribution in [0.3, 0.4) is 0 Å². The lowest BCUT2D eigenvalue weighted by Gasteiger charge is -1.90. The summed E-state index contributed by atoms with van der Waals surface area (Å²) in [6, 6.07) is 3.55. The Morgan fingerprint density at radius 2 is 2.22 bits per heavy atom. The van der Waals surface area contributed by atoms with Gasteiger partial charge in [-0.05, 0) is 19.1 Å². The summed E-state index contributed by atoms with van der Waals surface area (Å²) >= 11 is 3.07. The lowest BCUT2D eigenvalue weighted by Crippen LogP contribution is -1.79. The summed E-state index contributed by atoms with van der Waals surface area (Å²) in [7, 11) is 0. The Hall–Kier alpha value is -1.67. The first kappa shape index (κ1) is 11.4. The van der Waals surface area contributed by atoms with Crippen LogP contribution in [0.2, 0.25) is 0 Å². The van der Waals surface area contributed by atoms with Gasteiger partial charge in [0.05, 0.1) is 12.0 Å². The molecule has 0 spiro atoms. The molecule has 0 aliphatic rings. The van der Waals surface area contributed by atoms with E-state index in [1.54, 1.807) is 29.7 Å². The average molecular weight is 280 g/mol. The van der Waals surface area contributed by atoms with E-state index in [1.807, 2.05) is 6.92 Å². The summed E-state index contributed by atoms with van der Waals surface area (Å²) in [5.74, 6) is 2.08. The van der Waals surface area contributed by atoms with Crippen LogP contribution < -0.4 is 0 Å². The number of thioether (sulfide) groups is 1. The van der Waals surface area contributed by atoms with Crippen molar-refractivity contribution in [2.75, 3.05) is 0 Å². The van der Waals surface area contributed by atoms with Gasteiger partial charge in [0, 0.05) is 0 Å². The molecule has 0 aromatic carbocycles. The third kappa shape index (κ3) is 2.44. The molecule has 0 aliphatic heterocycles. The zero-order chi connectivity index (χ0) is 12.4. The van der Waals surface area contributed by atoms with Gasteiger partial charge in [-0.15, -0.1) is 20.4 Å². The number of furan rings is 1.